The number of aryl methyl sites for hydroxylation is 1. The van der Waals surface area contributed by atoms with E-state index in [0.29, 0.717) is 30.4 Å². The Morgan fingerprint density at radius 1 is 1.19 bits per heavy atom. The van der Waals surface area contributed by atoms with Crippen LogP contribution in [0.25, 0.3) is 11.3 Å². The van der Waals surface area contributed by atoms with Crippen LogP contribution in [0.2, 0.25) is 5.02 Å². The highest BCUT2D eigenvalue weighted by Gasteiger charge is 2.24. The molecule has 3 aromatic rings. The quantitative estimate of drug-likeness (QED) is 0.747. The first kappa shape index (κ1) is 17.8. The van der Waals surface area contributed by atoms with Gasteiger partial charge in [0, 0.05) is 42.8 Å². The van der Waals surface area contributed by atoms with E-state index >= 15 is 0 Å². The number of hydrogen-bond acceptors (Lipinski definition) is 5. The van der Waals surface area contributed by atoms with Gasteiger partial charge in [-0.05, 0) is 25.1 Å². The average molecular weight is 386 g/mol. The SMILES string of the molecule is Cc1cc(CN2CCN(C(=O)c3cc(-c4ccc(Cl)cc4)n[nH]3)CC2)on1. The first-order valence-corrected chi connectivity index (χ1v) is 9.21. The summed E-state index contributed by atoms with van der Waals surface area (Å²) in [5.74, 6) is 0.825. The molecule has 1 N–H and O–H groups in total. The van der Waals surface area contributed by atoms with Gasteiger partial charge in [-0.1, -0.05) is 28.9 Å². The van der Waals surface area contributed by atoms with Crippen LogP contribution in [0, 0.1) is 6.92 Å². The number of aromatic amines is 1. The fourth-order valence-corrected chi connectivity index (χ4v) is 3.32. The van der Waals surface area contributed by atoms with Gasteiger partial charge < -0.3 is 9.42 Å². The van der Waals surface area contributed by atoms with Crippen LogP contribution >= 0.6 is 11.6 Å². The Hall–Kier alpha value is -2.64. The first-order chi connectivity index (χ1) is 13.1. The van der Waals surface area contributed by atoms with Crippen LogP contribution in [0.4, 0.5) is 0 Å². The Bertz CT molecular complexity index is 926. The second-order valence-corrected chi connectivity index (χ2v) is 7.11. The molecule has 0 unspecified atom stereocenters. The molecule has 1 aliphatic heterocycles. The maximum Gasteiger partial charge on any atom is 0.271 e. The standard InChI is InChI=1S/C19H20ClN5O2/c1-13-10-16(27-23-13)12-24-6-8-25(9-7-24)19(26)18-11-17(21-22-18)14-2-4-15(20)5-3-14/h2-5,10-11H,6-9,12H2,1H3,(H,21,22). The number of nitrogens with one attached hydrogen (secondary N) is 1. The van der Waals surface area contributed by atoms with Crippen LogP contribution in [0.5, 0.6) is 0 Å². The summed E-state index contributed by atoms with van der Waals surface area (Å²) in [6, 6.07) is 11.1. The van der Waals surface area contributed by atoms with E-state index < -0.39 is 0 Å². The third-order valence-corrected chi connectivity index (χ3v) is 4.92. The number of benzene rings is 1. The van der Waals surface area contributed by atoms with E-state index in [2.05, 4.69) is 20.3 Å². The molecular weight excluding hydrogens is 366 g/mol. The van der Waals surface area contributed by atoms with Crippen LogP contribution in [-0.4, -0.2) is 57.2 Å². The lowest BCUT2D eigenvalue weighted by Gasteiger charge is -2.33. The number of piperazine rings is 1. The Balaban J connectivity index is 1.36. The number of hydrogen-bond donors (Lipinski definition) is 1. The summed E-state index contributed by atoms with van der Waals surface area (Å²) >= 11 is 5.92. The molecule has 0 atom stereocenters. The van der Waals surface area contributed by atoms with Crippen molar-refractivity contribution in [2.24, 2.45) is 0 Å². The van der Waals surface area contributed by atoms with E-state index in [1.54, 1.807) is 6.07 Å². The lowest BCUT2D eigenvalue weighted by atomic mass is 10.1. The maximum absolute atomic E-state index is 12.8. The van der Waals surface area contributed by atoms with Gasteiger partial charge in [0.1, 0.15) is 5.69 Å². The van der Waals surface area contributed by atoms with Gasteiger partial charge in [0.15, 0.2) is 5.76 Å². The Labute approximate surface area is 161 Å². The molecule has 8 heteroatoms. The van der Waals surface area contributed by atoms with Gasteiger partial charge in [0.05, 0.1) is 17.9 Å². The van der Waals surface area contributed by atoms with E-state index in [-0.39, 0.29) is 5.91 Å². The second kappa shape index (κ2) is 7.54. The number of carbonyl (C=O) groups is 1. The van der Waals surface area contributed by atoms with Gasteiger partial charge in [-0.2, -0.15) is 5.10 Å². The number of rotatable bonds is 4. The van der Waals surface area contributed by atoms with Crippen LogP contribution in [-0.2, 0) is 6.54 Å². The number of nitrogens with zero attached hydrogens (tertiary/aromatic N) is 4. The minimum Gasteiger partial charge on any atom is -0.360 e. The summed E-state index contributed by atoms with van der Waals surface area (Å²) in [6.45, 7) is 5.55. The molecule has 3 heterocycles. The molecule has 0 spiro atoms. The lowest BCUT2D eigenvalue weighted by molar-refractivity contribution is 0.0611. The maximum atomic E-state index is 12.8. The zero-order valence-corrected chi connectivity index (χ0v) is 15.7. The van der Waals surface area contributed by atoms with Crippen molar-refractivity contribution >= 4 is 17.5 Å². The Kier molecular flexibility index (Phi) is 4.96. The minimum atomic E-state index is -0.0297. The number of amides is 1. The summed E-state index contributed by atoms with van der Waals surface area (Å²) in [5, 5.41) is 11.7. The number of carbonyl (C=O) groups excluding carboxylic acids is 1. The van der Waals surface area contributed by atoms with E-state index in [1.165, 1.54) is 0 Å². The summed E-state index contributed by atoms with van der Waals surface area (Å²) in [6.07, 6.45) is 0. The molecule has 140 valence electrons. The lowest BCUT2D eigenvalue weighted by Crippen LogP contribution is -2.48. The first-order valence-electron chi connectivity index (χ1n) is 8.83. The van der Waals surface area contributed by atoms with Crippen molar-refractivity contribution in [2.75, 3.05) is 26.2 Å². The molecule has 0 aliphatic carbocycles. The molecule has 7 nitrogen and oxygen atoms in total. The highest BCUT2D eigenvalue weighted by atomic mass is 35.5. The van der Waals surface area contributed by atoms with Crippen molar-refractivity contribution in [1.29, 1.82) is 0 Å². The molecule has 2 aromatic heterocycles. The Morgan fingerprint density at radius 2 is 1.93 bits per heavy atom. The predicted molar refractivity (Wildman–Crippen MR) is 101 cm³/mol. The monoisotopic (exact) mass is 385 g/mol. The molecular formula is C19H20ClN5O2. The van der Waals surface area contributed by atoms with Crippen molar-refractivity contribution in [3.05, 3.63) is 58.6 Å². The minimum absolute atomic E-state index is 0.0297. The number of aromatic nitrogens is 3. The van der Waals surface area contributed by atoms with Crippen molar-refractivity contribution in [3.8, 4) is 11.3 Å². The molecule has 0 saturated carbocycles. The van der Waals surface area contributed by atoms with Crippen molar-refractivity contribution in [2.45, 2.75) is 13.5 Å². The number of halogens is 1. The van der Waals surface area contributed by atoms with Gasteiger partial charge in [-0.25, -0.2) is 0 Å². The predicted octanol–water partition coefficient (Wildman–Crippen LogP) is 2.98. The van der Waals surface area contributed by atoms with Crippen LogP contribution in [0.1, 0.15) is 21.9 Å². The van der Waals surface area contributed by atoms with Gasteiger partial charge in [-0.15, -0.1) is 0 Å². The zero-order chi connectivity index (χ0) is 18.8. The molecule has 27 heavy (non-hydrogen) atoms. The third-order valence-electron chi connectivity index (χ3n) is 4.66. The van der Waals surface area contributed by atoms with E-state index in [1.807, 2.05) is 42.2 Å². The average Bonchev–Trinajstić information content (AvgIpc) is 3.32. The van der Waals surface area contributed by atoms with E-state index in [9.17, 15) is 4.79 Å². The van der Waals surface area contributed by atoms with Crippen molar-refractivity contribution in [1.82, 2.24) is 25.2 Å². The van der Waals surface area contributed by atoms with Gasteiger partial charge in [-0.3, -0.25) is 14.8 Å². The fraction of sp³-hybridized carbons (Fsp3) is 0.316. The summed E-state index contributed by atoms with van der Waals surface area (Å²) < 4.78 is 5.27. The highest BCUT2D eigenvalue weighted by Crippen LogP contribution is 2.21. The van der Waals surface area contributed by atoms with Crippen LogP contribution in [0.3, 0.4) is 0 Å². The molecule has 1 aliphatic rings. The van der Waals surface area contributed by atoms with Gasteiger partial charge in [0.2, 0.25) is 0 Å². The smallest absolute Gasteiger partial charge is 0.271 e. The van der Waals surface area contributed by atoms with Crippen molar-refractivity contribution < 1.29 is 9.32 Å². The molecule has 0 bridgehead atoms. The molecule has 4 rings (SSSR count). The molecule has 1 fully saturated rings. The summed E-state index contributed by atoms with van der Waals surface area (Å²) in [5.41, 5.74) is 3.03. The summed E-state index contributed by atoms with van der Waals surface area (Å²) in [4.78, 5) is 16.9. The topological polar surface area (TPSA) is 78.3 Å². The van der Waals surface area contributed by atoms with Gasteiger partial charge >= 0.3 is 0 Å². The highest BCUT2D eigenvalue weighted by molar-refractivity contribution is 6.30. The third kappa shape index (κ3) is 4.04. The molecule has 1 saturated heterocycles. The molecule has 0 radical (unpaired) electrons. The van der Waals surface area contributed by atoms with Crippen molar-refractivity contribution in [3.63, 3.8) is 0 Å². The normalized spacial score (nSPS) is 15.3. The second-order valence-electron chi connectivity index (χ2n) is 6.68. The Morgan fingerprint density at radius 3 is 2.59 bits per heavy atom. The van der Waals surface area contributed by atoms with Gasteiger partial charge in [0.25, 0.3) is 5.91 Å². The molecule has 1 amide bonds. The summed E-state index contributed by atoms with van der Waals surface area (Å²) in [7, 11) is 0. The largest absolute Gasteiger partial charge is 0.360 e. The van der Waals surface area contributed by atoms with E-state index in [0.717, 1.165) is 35.8 Å². The van der Waals surface area contributed by atoms with E-state index in [4.69, 9.17) is 16.1 Å². The zero-order valence-electron chi connectivity index (χ0n) is 15.0. The van der Waals surface area contributed by atoms with Crippen LogP contribution < -0.4 is 0 Å². The fourth-order valence-electron chi connectivity index (χ4n) is 3.19. The molecule has 1 aromatic carbocycles. The number of H-pyrrole nitrogens is 1. The van der Waals surface area contributed by atoms with Crippen LogP contribution in [0.15, 0.2) is 40.9 Å².